The predicted octanol–water partition coefficient (Wildman–Crippen LogP) is 10.1. The van der Waals surface area contributed by atoms with Crippen LogP contribution in [0.3, 0.4) is 0 Å². The maximum atomic E-state index is 12.7. The Morgan fingerprint density at radius 3 is 1.61 bits per heavy atom. The molecule has 0 aliphatic rings. The van der Waals surface area contributed by atoms with Gasteiger partial charge in [-0.2, -0.15) is 0 Å². The van der Waals surface area contributed by atoms with E-state index in [1.807, 2.05) is 0 Å². The SMILES string of the molecule is CCCCCCC/C=C\CCCCCCCC(=O)NC(COP(=O)(O)OCCN)C(O)CCCCCCCCCCCCCCC. The summed E-state index contributed by atoms with van der Waals surface area (Å²) in [4.78, 5) is 22.6. The van der Waals surface area contributed by atoms with Gasteiger partial charge in [-0.3, -0.25) is 13.8 Å². The number of nitrogens with two attached hydrogens (primary N) is 1. The Hall–Kier alpha value is -0.760. The highest BCUT2D eigenvalue weighted by molar-refractivity contribution is 7.47. The van der Waals surface area contributed by atoms with Crippen molar-refractivity contribution >= 4 is 13.7 Å². The van der Waals surface area contributed by atoms with E-state index in [-0.39, 0.29) is 25.7 Å². The third-order valence-electron chi connectivity index (χ3n) is 8.62. The van der Waals surface area contributed by atoms with Crippen LogP contribution in [0.5, 0.6) is 0 Å². The van der Waals surface area contributed by atoms with Crippen LogP contribution in [0, 0.1) is 0 Å². The molecule has 1 amide bonds. The van der Waals surface area contributed by atoms with Crippen molar-refractivity contribution in [2.75, 3.05) is 19.8 Å². The van der Waals surface area contributed by atoms with E-state index in [1.54, 1.807) is 0 Å². The van der Waals surface area contributed by atoms with Crippen LogP contribution in [0.25, 0.3) is 0 Å². The van der Waals surface area contributed by atoms with Crippen LogP contribution in [-0.4, -0.2) is 47.8 Å². The molecule has 46 heavy (non-hydrogen) atoms. The van der Waals surface area contributed by atoms with Gasteiger partial charge in [0.05, 0.1) is 25.4 Å². The number of hydrogen-bond acceptors (Lipinski definition) is 6. The highest BCUT2D eigenvalue weighted by Gasteiger charge is 2.27. The summed E-state index contributed by atoms with van der Waals surface area (Å²) in [6.45, 7) is 4.18. The minimum absolute atomic E-state index is 0.0889. The molecule has 0 saturated carbocycles. The van der Waals surface area contributed by atoms with E-state index in [0.29, 0.717) is 12.8 Å². The number of carbonyl (C=O) groups excluding carboxylic acids is 1. The molecule has 0 spiro atoms. The maximum absolute atomic E-state index is 12.7. The Morgan fingerprint density at radius 1 is 0.696 bits per heavy atom. The van der Waals surface area contributed by atoms with E-state index in [2.05, 4.69) is 31.3 Å². The van der Waals surface area contributed by atoms with Crippen molar-refractivity contribution in [1.29, 1.82) is 0 Å². The molecule has 0 rings (SSSR count). The number of rotatable bonds is 36. The number of unbranched alkanes of at least 4 members (excludes halogenated alkanes) is 22. The van der Waals surface area contributed by atoms with Crippen molar-refractivity contribution in [1.82, 2.24) is 5.32 Å². The highest BCUT2D eigenvalue weighted by Crippen LogP contribution is 2.43. The molecule has 0 aromatic carbocycles. The Balaban J connectivity index is 4.25. The monoisotopic (exact) mass is 675 g/mol. The summed E-state index contributed by atoms with van der Waals surface area (Å²) in [6.07, 6.45) is 34.9. The predicted molar refractivity (Wildman–Crippen MR) is 194 cm³/mol. The first-order valence-electron chi connectivity index (χ1n) is 19.3. The van der Waals surface area contributed by atoms with Crippen molar-refractivity contribution in [3.8, 4) is 0 Å². The van der Waals surface area contributed by atoms with Gasteiger partial charge < -0.3 is 21.1 Å². The van der Waals surface area contributed by atoms with Crippen molar-refractivity contribution in [2.24, 2.45) is 5.73 Å². The molecule has 274 valence electrons. The van der Waals surface area contributed by atoms with E-state index >= 15 is 0 Å². The second-order valence-electron chi connectivity index (χ2n) is 13.1. The number of hydrogen-bond donors (Lipinski definition) is 4. The second-order valence-corrected chi connectivity index (χ2v) is 14.6. The number of aliphatic hydroxyl groups is 1. The molecule has 0 saturated heterocycles. The minimum atomic E-state index is -4.31. The van der Waals surface area contributed by atoms with E-state index < -0.39 is 20.0 Å². The van der Waals surface area contributed by atoms with Crippen molar-refractivity contribution in [2.45, 2.75) is 199 Å². The molecule has 8 nitrogen and oxygen atoms in total. The molecule has 0 bridgehead atoms. The van der Waals surface area contributed by atoms with Crippen LogP contribution in [0.2, 0.25) is 0 Å². The lowest BCUT2D eigenvalue weighted by Gasteiger charge is -2.25. The molecular weight excluding hydrogens is 599 g/mol. The summed E-state index contributed by atoms with van der Waals surface area (Å²) in [6, 6.07) is -0.773. The van der Waals surface area contributed by atoms with Gasteiger partial charge in [0.1, 0.15) is 0 Å². The summed E-state index contributed by atoms with van der Waals surface area (Å²) in [5, 5.41) is 13.7. The lowest BCUT2D eigenvalue weighted by atomic mass is 10.0. The minimum Gasteiger partial charge on any atom is -0.391 e. The number of allylic oxidation sites excluding steroid dienone is 2. The smallest absolute Gasteiger partial charge is 0.391 e. The number of carbonyl (C=O) groups is 1. The van der Waals surface area contributed by atoms with E-state index in [4.69, 9.17) is 14.8 Å². The molecule has 0 aromatic heterocycles. The Labute approximate surface area is 284 Å². The van der Waals surface area contributed by atoms with Gasteiger partial charge in [0.15, 0.2) is 0 Å². The summed E-state index contributed by atoms with van der Waals surface area (Å²) in [5.74, 6) is -0.171. The summed E-state index contributed by atoms with van der Waals surface area (Å²) < 4.78 is 22.1. The molecule has 0 aliphatic heterocycles. The van der Waals surface area contributed by atoms with Gasteiger partial charge >= 0.3 is 7.82 Å². The van der Waals surface area contributed by atoms with Gasteiger partial charge in [-0.15, -0.1) is 0 Å². The molecule has 5 N–H and O–H groups in total. The Kier molecular flexibility index (Phi) is 33.6. The lowest BCUT2D eigenvalue weighted by molar-refractivity contribution is -0.123. The fourth-order valence-corrected chi connectivity index (χ4v) is 6.42. The largest absolute Gasteiger partial charge is 0.472 e. The number of phosphoric acid groups is 1. The molecule has 3 atom stereocenters. The zero-order valence-corrected chi connectivity index (χ0v) is 31.0. The van der Waals surface area contributed by atoms with Crippen molar-refractivity contribution in [3.63, 3.8) is 0 Å². The van der Waals surface area contributed by atoms with Gasteiger partial charge in [0.2, 0.25) is 5.91 Å². The summed E-state index contributed by atoms with van der Waals surface area (Å²) >= 11 is 0. The van der Waals surface area contributed by atoms with Gasteiger partial charge in [0, 0.05) is 13.0 Å². The van der Waals surface area contributed by atoms with Crippen LogP contribution in [-0.2, 0) is 18.4 Å². The fraction of sp³-hybridized carbons (Fsp3) is 0.919. The van der Waals surface area contributed by atoms with Crippen LogP contribution in [0.15, 0.2) is 12.2 Å². The number of phosphoric ester groups is 1. The Morgan fingerprint density at radius 2 is 1.13 bits per heavy atom. The highest BCUT2D eigenvalue weighted by atomic mass is 31.2. The number of amides is 1. The zero-order chi connectivity index (χ0) is 34.0. The molecule has 0 aromatic rings. The van der Waals surface area contributed by atoms with Gasteiger partial charge in [-0.25, -0.2) is 4.57 Å². The molecule has 0 heterocycles. The van der Waals surface area contributed by atoms with Crippen LogP contribution in [0.1, 0.15) is 187 Å². The molecule has 0 fully saturated rings. The first-order chi connectivity index (χ1) is 22.4. The van der Waals surface area contributed by atoms with Gasteiger partial charge in [-0.05, 0) is 38.5 Å². The zero-order valence-electron chi connectivity index (χ0n) is 30.1. The van der Waals surface area contributed by atoms with Crippen LogP contribution >= 0.6 is 7.82 Å². The summed E-state index contributed by atoms with van der Waals surface area (Å²) in [5.41, 5.74) is 5.36. The molecule has 0 aliphatic carbocycles. The van der Waals surface area contributed by atoms with Crippen LogP contribution < -0.4 is 11.1 Å². The van der Waals surface area contributed by atoms with Gasteiger partial charge in [-0.1, -0.05) is 154 Å². The normalized spacial score (nSPS) is 14.5. The number of aliphatic hydroxyl groups excluding tert-OH is 1. The number of nitrogens with one attached hydrogen (secondary N) is 1. The van der Waals surface area contributed by atoms with Gasteiger partial charge in [0.25, 0.3) is 0 Å². The standard InChI is InChI=1S/C37H75N2O6P/c1-3-5-7-9-11-13-15-17-19-21-23-25-27-29-31-37(41)39-35(34-45-46(42,43)44-33-32-38)36(40)30-28-26-24-22-20-18-16-14-12-10-8-6-4-2/h15,17,35-36,40H,3-14,16,18-34,38H2,1-2H3,(H,39,41)(H,42,43)/b17-15-. The molecule has 3 unspecified atom stereocenters. The average molecular weight is 675 g/mol. The topological polar surface area (TPSA) is 131 Å². The third-order valence-corrected chi connectivity index (χ3v) is 9.60. The fourth-order valence-electron chi connectivity index (χ4n) is 5.66. The van der Waals surface area contributed by atoms with E-state index in [1.165, 1.54) is 109 Å². The first kappa shape index (κ1) is 45.2. The molecule has 9 heteroatoms. The average Bonchev–Trinajstić information content (AvgIpc) is 3.04. The van der Waals surface area contributed by atoms with E-state index in [9.17, 15) is 19.4 Å². The third kappa shape index (κ3) is 31.8. The van der Waals surface area contributed by atoms with Crippen LogP contribution in [0.4, 0.5) is 0 Å². The molecule has 0 radical (unpaired) electrons. The summed E-state index contributed by atoms with van der Waals surface area (Å²) in [7, 11) is -4.31. The lowest BCUT2D eigenvalue weighted by Crippen LogP contribution is -2.46. The van der Waals surface area contributed by atoms with Crippen molar-refractivity contribution < 1.29 is 28.4 Å². The Bertz CT molecular complexity index is 739. The molecular formula is C37H75N2O6P. The first-order valence-corrected chi connectivity index (χ1v) is 20.8. The quantitative estimate of drug-likeness (QED) is 0.0295. The van der Waals surface area contributed by atoms with Crippen molar-refractivity contribution in [3.05, 3.63) is 12.2 Å². The second kappa shape index (κ2) is 34.1. The van der Waals surface area contributed by atoms with E-state index in [0.717, 1.165) is 51.4 Å². The maximum Gasteiger partial charge on any atom is 0.472 e.